The zero-order chi connectivity index (χ0) is 10.3. The van der Waals surface area contributed by atoms with E-state index in [9.17, 15) is 0 Å². The van der Waals surface area contributed by atoms with Crippen molar-refractivity contribution in [3.05, 3.63) is 41.0 Å². The van der Waals surface area contributed by atoms with Crippen molar-refractivity contribution in [1.29, 1.82) is 0 Å². The Hall–Kier alpha value is -1.32. The van der Waals surface area contributed by atoms with Crippen LogP contribution in [0.15, 0.2) is 36.0 Å². The van der Waals surface area contributed by atoms with E-state index in [1.807, 2.05) is 23.7 Å². The molecule has 1 N–H and O–H groups in total. The Morgan fingerprint density at radius 2 is 2.27 bits per heavy atom. The lowest BCUT2D eigenvalue weighted by Crippen LogP contribution is -1.81. The molecular weight excluding hydrogens is 228 g/mol. The summed E-state index contributed by atoms with van der Waals surface area (Å²) in [7, 11) is 0. The molecule has 0 aliphatic carbocycles. The van der Waals surface area contributed by atoms with Gasteiger partial charge in [-0.3, -0.25) is 0 Å². The summed E-state index contributed by atoms with van der Waals surface area (Å²) in [6.45, 7) is 0. The van der Waals surface area contributed by atoms with Crippen molar-refractivity contribution in [3.8, 4) is 10.4 Å². The molecule has 15 heavy (non-hydrogen) atoms. The maximum absolute atomic E-state index is 6.18. The van der Waals surface area contributed by atoms with Gasteiger partial charge in [-0.1, -0.05) is 17.7 Å². The van der Waals surface area contributed by atoms with Crippen LogP contribution in [0.4, 0.5) is 0 Å². The molecule has 0 aliphatic heterocycles. The van der Waals surface area contributed by atoms with Crippen LogP contribution in [-0.4, -0.2) is 9.97 Å². The minimum Gasteiger partial charge on any atom is -0.346 e. The first-order chi connectivity index (χ1) is 7.36. The third-order valence-corrected chi connectivity index (χ3v) is 3.48. The maximum Gasteiger partial charge on any atom is 0.137 e. The second-order valence-electron chi connectivity index (χ2n) is 3.20. The molecule has 3 aromatic rings. The number of fused-ring (bicyclic) bond motifs is 1. The van der Waals surface area contributed by atoms with Crippen LogP contribution < -0.4 is 0 Å². The summed E-state index contributed by atoms with van der Waals surface area (Å²) >= 11 is 7.86. The van der Waals surface area contributed by atoms with Gasteiger partial charge in [0.05, 0.1) is 5.02 Å². The van der Waals surface area contributed by atoms with Crippen LogP contribution in [0.3, 0.4) is 0 Å². The zero-order valence-electron chi connectivity index (χ0n) is 7.70. The number of hydrogen-bond acceptors (Lipinski definition) is 2. The standard InChI is InChI=1S/C11H7ClN2S/c12-8-6-14-11-7(3-4-13-11)10(8)9-2-1-5-15-9/h1-6H,(H,13,14). The van der Waals surface area contributed by atoms with E-state index >= 15 is 0 Å². The van der Waals surface area contributed by atoms with Crippen LogP contribution in [-0.2, 0) is 0 Å². The van der Waals surface area contributed by atoms with Gasteiger partial charge in [-0.05, 0) is 17.5 Å². The molecule has 2 nitrogen and oxygen atoms in total. The van der Waals surface area contributed by atoms with Gasteiger partial charge in [0.15, 0.2) is 0 Å². The second kappa shape index (κ2) is 3.36. The van der Waals surface area contributed by atoms with Crippen LogP contribution in [0.25, 0.3) is 21.5 Å². The van der Waals surface area contributed by atoms with Crippen LogP contribution >= 0.6 is 22.9 Å². The summed E-state index contributed by atoms with van der Waals surface area (Å²) in [5, 5.41) is 3.82. The van der Waals surface area contributed by atoms with Crippen molar-refractivity contribution in [2.24, 2.45) is 0 Å². The summed E-state index contributed by atoms with van der Waals surface area (Å²) in [5.74, 6) is 0. The molecule has 0 bridgehead atoms. The van der Waals surface area contributed by atoms with E-state index in [1.54, 1.807) is 17.5 Å². The van der Waals surface area contributed by atoms with E-state index in [-0.39, 0.29) is 0 Å². The number of thiophene rings is 1. The van der Waals surface area contributed by atoms with E-state index < -0.39 is 0 Å². The Kier molecular flexibility index (Phi) is 2.01. The molecule has 3 heterocycles. The quantitative estimate of drug-likeness (QED) is 0.679. The van der Waals surface area contributed by atoms with Crippen molar-refractivity contribution in [2.75, 3.05) is 0 Å². The van der Waals surface area contributed by atoms with Crippen molar-refractivity contribution < 1.29 is 0 Å². The Morgan fingerprint density at radius 1 is 1.33 bits per heavy atom. The lowest BCUT2D eigenvalue weighted by molar-refractivity contribution is 1.33. The number of halogens is 1. The first-order valence-corrected chi connectivity index (χ1v) is 5.77. The lowest BCUT2D eigenvalue weighted by atomic mass is 10.1. The number of pyridine rings is 1. The average molecular weight is 235 g/mol. The van der Waals surface area contributed by atoms with E-state index in [0.29, 0.717) is 5.02 Å². The molecule has 3 rings (SSSR count). The molecule has 0 unspecified atom stereocenters. The first kappa shape index (κ1) is 8.95. The highest BCUT2D eigenvalue weighted by Gasteiger charge is 2.10. The van der Waals surface area contributed by atoms with E-state index in [0.717, 1.165) is 16.6 Å². The molecule has 3 aromatic heterocycles. The van der Waals surface area contributed by atoms with Gasteiger partial charge in [-0.15, -0.1) is 11.3 Å². The highest BCUT2D eigenvalue weighted by molar-refractivity contribution is 7.13. The second-order valence-corrected chi connectivity index (χ2v) is 4.55. The summed E-state index contributed by atoms with van der Waals surface area (Å²) in [4.78, 5) is 8.49. The number of aromatic amines is 1. The number of hydrogen-bond donors (Lipinski definition) is 1. The van der Waals surface area contributed by atoms with Crippen molar-refractivity contribution in [2.45, 2.75) is 0 Å². The zero-order valence-corrected chi connectivity index (χ0v) is 9.27. The first-order valence-electron chi connectivity index (χ1n) is 4.52. The van der Waals surface area contributed by atoms with Crippen molar-refractivity contribution in [1.82, 2.24) is 9.97 Å². The van der Waals surface area contributed by atoms with Crippen LogP contribution in [0.1, 0.15) is 0 Å². The number of rotatable bonds is 1. The number of H-pyrrole nitrogens is 1. The van der Waals surface area contributed by atoms with Gasteiger partial charge in [0.1, 0.15) is 5.65 Å². The third kappa shape index (κ3) is 1.35. The summed E-state index contributed by atoms with van der Waals surface area (Å²) < 4.78 is 0. The predicted molar refractivity (Wildman–Crippen MR) is 64.4 cm³/mol. The van der Waals surface area contributed by atoms with Gasteiger partial charge in [-0.2, -0.15) is 0 Å². The fourth-order valence-electron chi connectivity index (χ4n) is 1.65. The van der Waals surface area contributed by atoms with Gasteiger partial charge in [0.25, 0.3) is 0 Å². The molecule has 0 fully saturated rings. The minimum atomic E-state index is 0.699. The fraction of sp³-hybridized carbons (Fsp3) is 0. The smallest absolute Gasteiger partial charge is 0.137 e. The largest absolute Gasteiger partial charge is 0.346 e. The highest BCUT2D eigenvalue weighted by atomic mass is 35.5. The predicted octanol–water partition coefficient (Wildman–Crippen LogP) is 3.94. The van der Waals surface area contributed by atoms with Crippen LogP contribution in [0.2, 0.25) is 5.02 Å². The van der Waals surface area contributed by atoms with Gasteiger partial charge < -0.3 is 4.98 Å². The molecule has 0 aromatic carbocycles. The SMILES string of the molecule is Clc1cnc2[nH]ccc2c1-c1cccs1. The fourth-order valence-corrected chi connectivity index (χ4v) is 2.76. The van der Waals surface area contributed by atoms with Gasteiger partial charge in [0.2, 0.25) is 0 Å². The number of nitrogens with zero attached hydrogens (tertiary/aromatic N) is 1. The number of aromatic nitrogens is 2. The monoisotopic (exact) mass is 234 g/mol. The molecule has 0 radical (unpaired) electrons. The van der Waals surface area contributed by atoms with E-state index in [2.05, 4.69) is 16.0 Å². The molecular formula is C11H7ClN2S. The Bertz CT molecular complexity index is 598. The molecule has 74 valence electrons. The van der Waals surface area contributed by atoms with Crippen molar-refractivity contribution >= 4 is 34.0 Å². The highest BCUT2D eigenvalue weighted by Crippen LogP contribution is 2.36. The molecule has 4 heteroatoms. The Labute approximate surface area is 95.5 Å². The third-order valence-electron chi connectivity index (χ3n) is 2.31. The summed E-state index contributed by atoms with van der Waals surface area (Å²) in [5.41, 5.74) is 1.95. The minimum absolute atomic E-state index is 0.699. The number of nitrogens with one attached hydrogen (secondary N) is 1. The molecule has 0 aliphatic rings. The topological polar surface area (TPSA) is 28.7 Å². The summed E-state index contributed by atoms with van der Waals surface area (Å²) in [6, 6.07) is 6.09. The molecule has 0 atom stereocenters. The average Bonchev–Trinajstić information content (AvgIpc) is 2.85. The van der Waals surface area contributed by atoms with Gasteiger partial charge in [-0.25, -0.2) is 4.98 Å². The van der Waals surface area contributed by atoms with Gasteiger partial charge >= 0.3 is 0 Å². The van der Waals surface area contributed by atoms with E-state index in [1.165, 1.54) is 4.88 Å². The summed E-state index contributed by atoms with van der Waals surface area (Å²) in [6.07, 6.45) is 3.57. The van der Waals surface area contributed by atoms with Crippen LogP contribution in [0.5, 0.6) is 0 Å². The molecule has 0 spiro atoms. The van der Waals surface area contributed by atoms with Crippen molar-refractivity contribution in [3.63, 3.8) is 0 Å². The molecule has 0 saturated heterocycles. The van der Waals surface area contributed by atoms with Crippen LogP contribution in [0, 0.1) is 0 Å². The normalized spacial score (nSPS) is 11.0. The van der Waals surface area contributed by atoms with Gasteiger partial charge in [0, 0.05) is 28.2 Å². The lowest BCUT2D eigenvalue weighted by Gasteiger charge is -2.02. The van der Waals surface area contributed by atoms with E-state index in [4.69, 9.17) is 11.6 Å². The molecule has 0 saturated carbocycles. The maximum atomic E-state index is 6.18. The Morgan fingerprint density at radius 3 is 3.07 bits per heavy atom. The molecule has 0 amide bonds. The Balaban J connectivity index is 2.41.